The highest BCUT2D eigenvalue weighted by atomic mass is 32.2. The fourth-order valence-electron chi connectivity index (χ4n) is 0.234. The van der Waals surface area contributed by atoms with Crippen LogP contribution in [0.5, 0.6) is 0 Å². The van der Waals surface area contributed by atoms with Gasteiger partial charge in [0.05, 0.1) is 4.08 Å². The molecule has 0 radical (unpaired) electrons. The molecule has 0 bridgehead atoms. The largest absolute Gasteiger partial charge is 0.479 e. The molecule has 3 nitrogen and oxygen atoms in total. The minimum absolute atomic E-state index is 1.17. The summed E-state index contributed by atoms with van der Waals surface area (Å²) in [6, 6.07) is 0. The highest BCUT2D eigenvalue weighted by molar-refractivity contribution is 8.00. The standard InChI is InChI=1S/C4H8O3S2/c1-4(8,9)2(5)3(6)7/h2,5,8-9H,1H3,(H,6,7). The van der Waals surface area contributed by atoms with E-state index in [4.69, 9.17) is 10.2 Å². The van der Waals surface area contributed by atoms with Crippen molar-refractivity contribution in [3.05, 3.63) is 0 Å². The van der Waals surface area contributed by atoms with Gasteiger partial charge < -0.3 is 10.2 Å². The maximum absolute atomic E-state index is 10.00. The van der Waals surface area contributed by atoms with E-state index in [0.717, 1.165) is 0 Å². The zero-order valence-corrected chi connectivity index (χ0v) is 6.56. The molecule has 5 heteroatoms. The number of carbonyl (C=O) groups is 1. The van der Waals surface area contributed by atoms with Crippen LogP contribution in [-0.4, -0.2) is 26.4 Å². The van der Waals surface area contributed by atoms with E-state index < -0.39 is 16.2 Å². The average Bonchev–Trinajstić information content (AvgIpc) is 1.62. The second-order valence-corrected chi connectivity index (χ2v) is 4.05. The lowest BCUT2D eigenvalue weighted by Gasteiger charge is -2.19. The summed E-state index contributed by atoms with van der Waals surface area (Å²) in [6.45, 7) is 1.40. The number of rotatable bonds is 2. The summed E-state index contributed by atoms with van der Waals surface area (Å²) in [5.41, 5.74) is 0. The fraction of sp³-hybridized carbons (Fsp3) is 0.750. The molecule has 0 aliphatic heterocycles. The van der Waals surface area contributed by atoms with Crippen LogP contribution < -0.4 is 0 Å². The monoisotopic (exact) mass is 168 g/mol. The van der Waals surface area contributed by atoms with Crippen molar-refractivity contribution < 1.29 is 15.0 Å². The third-order valence-electron chi connectivity index (χ3n) is 0.752. The summed E-state index contributed by atoms with van der Waals surface area (Å²) in [4.78, 5) is 10.00. The van der Waals surface area contributed by atoms with E-state index in [1.54, 1.807) is 0 Å². The molecule has 0 rings (SSSR count). The van der Waals surface area contributed by atoms with Gasteiger partial charge in [0.1, 0.15) is 0 Å². The molecule has 9 heavy (non-hydrogen) atoms. The Labute approximate surface area is 63.9 Å². The predicted octanol–water partition coefficient (Wildman–Crippen LogP) is 0.00770. The van der Waals surface area contributed by atoms with Crippen LogP contribution in [0, 0.1) is 0 Å². The molecule has 0 saturated carbocycles. The summed E-state index contributed by atoms with van der Waals surface area (Å²) in [6.07, 6.45) is -1.54. The maximum Gasteiger partial charge on any atom is 0.334 e. The summed E-state index contributed by atoms with van der Waals surface area (Å²) >= 11 is 7.44. The Hall–Kier alpha value is 0.130. The van der Waals surface area contributed by atoms with E-state index in [9.17, 15) is 4.79 Å². The molecule has 0 fully saturated rings. The van der Waals surface area contributed by atoms with Crippen LogP contribution in [-0.2, 0) is 4.79 Å². The van der Waals surface area contributed by atoms with Gasteiger partial charge in [0, 0.05) is 0 Å². The van der Waals surface area contributed by atoms with Crippen LogP contribution in [0.3, 0.4) is 0 Å². The van der Waals surface area contributed by atoms with E-state index in [2.05, 4.69) is 25.3 Å². The van der Waals surface area contributed by atoms with Crippen molar-refractivity contribution in [2.75, 3.05) is 0 Å². The van der Waals surface area contributed by atoms with Gasteiger partial charge in [-0.2, -0.15) is 25.3 Å². The lowest BCUT2D eigenvalue weighted by atomic mass is 10.3. The van der Waals surface area contributed by atoms with E-state index in [1.807, 2.05) is 0 Å². The van der Waals surface area contributed by atoms with Crippen LogP contribution in [0.4, 0.5) is 0 Å². The van der Waals surface area contributed by atoms with Gasteiger partial charge in [0.2, 0.25) is 0 Å². The number of aliphatic carboxylic acids is 1. The first kappa shape index (κ1) is 9.13. The summed E-state index contributed by atoms with van der Waals surface area (Å²) in [5, 5.41) is 16.9. The minimum atomic E-state index is -1.54. The molecule has 0 spiro atoms. The molecule has 0 aromatic heterocycles. The van der Waals surface area contributed by atoms with Gasteiger partial charge in [-0.25, -0.2) is 4.79 Å². The molecule has 54 valence electrons. The van der Waals surface area contributed by atoms with Crippen LogP contribution in [0.1, 0.15) is 6.92 Å². The van der Waals surface area contributed by atoms with Crippen molar-refractivity contribution in [1.82, 2.24) is 0 Å². The third-order valence-corrected chi connectivity index (χ3v) is 1.24. The molecule has 0 saturated heterocycles. The Kier molecular flexibility index (Phi) is 2.85. The van der Waals surface area contributed by atoms with Crippen LogP contribution >= 0.6 is 25.3 Å². The highest BCUT2D eigenvalue weighted by Crippen LogP contribution is 2.22. The van der Waals surface area contributed by atoms with E-state index in [-0.39, 0.29) is 0 Å². The lowest BCUT2D eigenvalue weighted by Crippen LogP contribution is -2.35. The van der Waals surface area contributed by atoms with Crippen LogP contribution in [0.25, 0.3) is 0 Å². The van der Waals surface area contributed by atoms with Crippen molar-refractivity contribution in [1.29, 1.82) is 0 Å². The quantitative estimate of drug-likeness (QED) is 0.347. The first-order valence-electron chi connectivity index (χ1n) is 2.21. The molecule has 2 N–H and O–H groups in total. The van der Waals surface area contributed by atoms with Gasteiger partial charge in [0.15, 0.2) is 6.10 Å². The fourth-order valence-corrected chi connectivity index (χ4v) is 0.455. The Morgan fingerprint density at radius 2 is 2.00 bits per heavy atom. The summed E-state index contributed by atoms with van der Waals surface area (Å²) in [7, 11) is 0. The third kappa shape index (κ3) is 2.98. The topological polar surface area (TPSA) is 57.5 Å². The number of aliphatic hydroxyl groups is 1. The summed E-state index contributed by atoms with van der Waals surface area (Å²) < 4.78 is -1.17. The molecule has 0 aliphatic rings. The second kappa shape index (κ2) is 2.81. The normalized spacial score (nSPS) is 15.1. The van der Waals surface area contributed by atoms with Crippen molar-refractivity contribution >= 4 is 31.2 Å². The number of aliphatic hydroxyl groups excluding tert-OH is 1. The number of carboxylic acid groups (broad SMARTS) is 1. The second-order valence-electron chi connectivity index (χ2n) is 1.83. The number of hydrogen-bond donors (Lipinski definition) is 4. The maximum atomic E-state index is 10.00. The Morgan fingerprint density at radius 1 is 1.67 bits per heavy atom. The molecule has 1 unspecified atom stereocenters. The predicted molar refractivity (Wildman–Crippen MR) is 40.0 cm³/mol. The van der Waals surface area contributed by atoms with Crippen molar-refractivity contribution in [2.24, 2.45) is 0 Å². The lowest BCUT2D eigenvalue weighted by molar-refractivity contribution is -0.146. The van der Waals surface area contributed by atoms with Gasteiger partial charge in [-0.05, 0) is 6.92 Å². The highest BCUT2D eigenvalue weighted by Gasteiger charge is 2.30. The van der Waals surface area contributed by atoms with Gasteiger partial charge in [-0.3, -0.25) is 0 Å². The minimum Gasteiger partial charge on any atom is -0.479 e. The summed E-state index contributed by atoms with van der Waals surface area (Å²) in [5.74, 6) is -1.32. The number of thiol groups is 2. The SMILES string of the molecule is CC(S)(S)C(O)C(=O)O. The van der Waals surface area contributed by atoms with Gasteiger partial charge in [-0.1, -0.05) is 0 Å². The van der Waals surface area contributed by atoms with E-state index >= 15 is 0 Å². The number of hydrogen-bond acceptors (Lipinski definition) is 4. The molecule has 0 aliphatic carbocycles. The first-order valence-corrected chi connectivity index (χ1v) is 3.10. The average molecular weight is 168 g/mol. The van der Waals surface area contributed by atoms with Crippen LogP contribution in [0.2, 0.25) is 0 Å². The van der Waals surface area contributed by atoms with Crippen molar-refractivity contribution in [3.63, 3.8) is 0 Å². The van der Waals surface area contributed by atoms with E-state index in [0.29, 0.717) is 0 Å². The first-order chi connectivity index (χ1) is 3.85. The van der Waals surface area contributed by atoms with Gasteiger partial charge in [-0.15, -0.1) is 0 Å². The molecule has 0 amide bonds. The van der Waals surface area contributed by atoms with Gasteiger partial charge >= 0.3 is 5.97 Å². The Balaban J connectivity index is 4.04. The zero-order chi connectivity index (χ0) is 7.65. The molecule has 0 heterocycles. The Bertz CT molecular complexity index is 117. The molecule has 0 aromatic rings. The number of carboxylic acids is 1. The van der Waals surface area contributed by atoms with Crippen molar-refractivity contribution in [3.8, 4) is 0 Å². The Morgan fingerprint density at radius 3 is 2.00 bits per heavy atom. The zero-order valence-electron chi connectivity index (χ0n) is 4.77. The van der Waals surface area contributed by atoms with E-state index in [1.165, 1.54) is 6.92 Å². The smallest absolute Gasteiger partial charge is 0.334 e. The molecule has 0 aromatic carbocycles. The van der Waals surface area contributed by atoms with Crippen molar-refractivity contribution in [2.45, 2.75) is 17.1 Å². The van der Waals surface area contributed by atoms with Gasteiger partial charge in [0.25, 0.3) is 0 Å². The molecular weight excluding hydrogens is 160 g/mol. The molecule has 1 atom stereocenters. The van der Waals surface area contributed by atoms with Crippen LogP contribution in [0.15, 0.2) is 0 Å². The molecular formula is C4H8O3S2.